The molecule has 61 heavy (non-hydrogen) atoms. The van der Waals surface area contributed by atoms with Gasteiger partial charge in [0.05, 0.1) is 23.0 Å². The molecule has 328 valence electrons. The molecule has 3 fully saturated rings. The molecule has 3 saturated heterocycles. The minimum atomic E-state index is -2.30. The number of piperazine rings is 1. The van der Waals surface area contributed by atoms with E-state index in [0.29, 0.717) is 69.6 Å². The summed E-state index contributed by atoms with van der Waals surface area (Å²) in [7, 11) is 1.29. The van der Waals surface area contributed by atoms with Crippen LogP contribution in [0.2, 0.25) is 16.6 Å². The number of pyridine rings is 1. The van der Waals surface area contributed by atoms with Gasteiger partial charge in [-0.3, -0.25) is 9.88 Å². The van der Waals surface area contributed by atoms with E-state index >= 15 is 8.78 Å². The monoisotopic (exact) mass is 856 g/mol. The summed E-state index contributed by atoms with van der Waals surface area (Å²) in [5.41, 5.74) is 4.52. The van der Waals surface area contributed by atoms with E-state index < -0.39 is 25.3 Å². The van der Waals surface area contributed by atoms with Crippen LogP contribution in [-0.4, -0.2) is 110 Å². The van der Waals surface area contributed by atoms with Crippen molar-refractivity contribution in [3.8, 4) is 34.5 Å². The molecule has 3 aliphatic rings. The van der Waals surface area contributed by atoms with E-state index in [1.807, 2.05) is 25.7 Å². The van der Waals surface area contributed by atoms with Crippen LogP contribution in [0.5, 0.6) is 11.8 Å². The van der Waals surface area contributed by atoms with Crippen LogP contribution in [0, 0.1) is 23.1 Å². The molecule has 2 aromatic heterocycles. The quantitative estimate of drug-likeness (QED) is 0.0824. The molecular formula is C47H62F2N6O5Si. The number of benzene rings is 2. The first-order chi connectivity index (χ1) is 28.9. The zero-order chi connectivity index (χ0) is 44.0. The molecule has 2 aromatic carbocycles. The van der Waals surface area contributed by atoms with Crippen molar-refractivity contribution in [3.05, 3.63) is 47.7 Å². The van der Waals surface area contributed by atoms with Crippen LogP contribution in [0.4, 0.5) is 19.4 Å². The lowest BCUT2D eigenvalue weighted by Crippen LogP contribution is -2.57. The Kier molecular flexibility index (Phi) is 12.9. The van der Waals surface area contributed by atoms with Gasteiger partial charge in [-0.05, 0) is 100 Å². The van der Waals surface area contributed by atoms with Crippen molar-refractivity contribution in [1.82, 2.24) is 24.8 Å². The summed E-state index contributed by atoms with van der Waals surface area (Å²) in [5, 5.41) is 1.46. The van der Waals surface area contributed by atoms with Gasteiger partial charge in [0.2, 0.25) is 0 Å². The molecule has 1 amide bonds. The second kappa shape index (κ2) is 17.7. The zero-order valence-electron chi connectivity index (χ0n) is 37.7. The van der Waals surface area contributed by atoms with Gasteiger partial charge in [0.15, 0.2) is 12.6 Å². The van der Waals surface area contributed by atoms with Crippen LogP contribution in [0.1, 0.15) is 93.6 Å². The minimum absolute atomic E-state index is 0.0259. The molecule has 11 nitrogen and oxygen atoms in total. The lowest BCUT2D eigenvalue weighted by molar-refractivity contribution is 0.0122. The van der Waals surface area contributed by atoms with E-state index in [1.165, 1.54) is 13.2 Å². The summed E-state index contributed by atoms with van der Waals surface area (Å²) in [6.07, 6.45) is 4.91. The van der Waals surface area contributed by atoms with Gasteiger partial charge in [-0.15, -0.1) is 5.54 Å². The number of carbonyl (C=O) groups excluding carboxylic acids is 1. The number of carbonyl (C=O) groups is 1. The third-order valence-corrected chi connectivity index (χ3v) is 19.3. The van der Waals surface area contributed by atoms with Gasteiger partial charge in [-0.2, -0.15) is 9.97 Å². The second-order valence-corrected chi connectivity index (χ2v) is 24.5. The van der Waals surface area contributed by atoms with Crippen molar-refractivity contribution < 1.29 is 32.5 Å². The Balaban J connectivity index is 1.40. The number of fused-ring (bicyclic) bond motifs is 4. The van der Waals surface area contributed by atoms with Crippen LogP contribution in [0.25, 0.3) is 32.9 Å². The Bertz CT molecular complexity index is 2310. The number of hydrogen-bond acceptors (Lipinski definition) is 10. The van der Waals surface area contributed by atoms with Crippen LogP contribution >= 0.6 is 0 Å². The number of likely N-dealkylation sites (tertiary alicyclic amines) is 1. The predicted molar refractivity (Wildman–Crippen MR) is 239 cm³/mol. The van der Waals surface area contributed by atoms with Crippen molar-refractivity contribution in [1.29, 1.82) is 0 Å². The molecule has 0 spiro atoms. The van der Waals surface area contributed by atoms with Crippen molar-refractivity contribution in [3.63, 3.8) is 0 Å². The highest BCUT2D eigenvalue weighted by Crippen LogP contribution is 2.43. The normalized spacial score (nSPS) is 19.7. The van der Waals surface area contributed by atoms with E-state index in [0.717, 1.165) is 32.2 Å². The maximum atomic E-state index is 17.7. The standard InChI is InChI=1S/C47H62F2N6O5Si/c1-28(2)61(29(3)4,30(5)6)20-18-36-39(48)17-14-31-21-35(59-27-57-11)22-37(40(31)36)42-41(49)43-38(23-50-42)44(52-45(51-43)58-26-34-13-12-19-53(34)10)54-24-32-15-16-33(25-54)55(32)46(56)60-47(7,8)9/h14,17,21-23,28-30,32-34H,12-13,15-16,19,24-27H2,1-11H3/t32-,33+,34-/m0/s1. The summed E-state index contributed by atoms with van der Waals surface area (Å²) >= 11 is 0. The molecule has 7 rings (SSSR count). The first-order valence-corrected chi connectivity index (χ1v) is 24.0. The third-order valence-electron chi connectivity index (χ3n) is 13.0. The number of likely N-dealkylation sites (N-methyl/N-ethyl adjacent to an activating group) is 1. The molecule has 0 N–H and O–H groups in total. The van der Waals surface area contributed by atoms with Crippen LogP contribution in [0.3, 0.4) is 0 Å². The van der Waals surface area contributed by atoms with Gasteiger partial charge >= 0.3 is 12.1 Å². The van der Waals surface area contributed by atoms with Crippen LogP contribution < -0.4 is 14.4 Å². The van der Waals surface area contributed by atoms with Gasteiger partial charge in [0.25, 0.3) is 0 Å². The number of rotatable bonds is 11. The molecule has 4 aromatic rings. The molecule has 0 unspecified atom stereocenters. The lowest BCUT2D eigenvalue weighted by atomic mass is 9.95. The third kappa shape index (κ3) is 8.75. The van der Waals surface area contributed by atoms with Gasteiger partial charge < -0.3 is 28.7 Å². The van der Waals surface area contributed by atoms with Crippen molar-refractivity contribution in [2.24, 2.45) is 0 Å². The number of aromatic nitrogens is 3. The number of anilines is 1. The Labute approximate surface area is 360 Å². The average molecular weight is 857 g/mol. The first kappa shape index (κ1) is 44.5. The number of methoxy groups -OCH3 is 1. The maximum Gasteiger partial charge on any atom is 0.410 e. The highest BCUT2D eigenvalue weighted by Gasteiger charge is 2.45. The number of hydrogen-bond donors (Lipinski definition) is 0. The zero-order valence-corrected chi connectivity index (χ0v) is 38.7. The Morgan fingerprint density at radius 2 is 1.66 bits per heavy atom. The van der Waals surface area contributed by atoms with E-state index in [4.69, 9.17) is 33.9 Å². The number of amides is 1. The molecule has 14 heteroatoms. The molecule has 3 aliphatic heterocycles. The first-order valence-electron chi connectivity index (χ1n) is 21.8. The minimum Gasteiger partial charge on any atom is -0.468 e. The maximum absolute atomic E-state index is 17.7. The topological polar surface area (TPSA) is 102 Å². The largest absolute Gasteiger partial charge is 0.468 e. The molecule has 5 heterocycles. The Morgan fingerprint density at radius 1 is 0.967 bits per heavy atom. The fourth-order valence-electron chi connectivity index (χ4n) is 10.1. The van der Waals surface area contributed by atoms with Gasteiger partial charge in [-0.1, -0.05) is 53.5 Å². The van der Waals surface area contributed by atoms with E-state index in [-0.39, 0.29) is 53.8 Å². The van der Waals surface area contributed by atoms with Crippen molar-refractivity contribution in [2.45, 2.75) is 128 Å². The van der Waals surface area contributed by atoms with Crippen LogP contribution in [-0.2, 0) is 9.47 Å². The van der Waals surface area contributed by atoms with Crippen molar-refractivity contribution >= 4 is 41.7 Å². The molecule has 0 radical (unpaired) electrons. The molecular weight excluding hydrogens is 795 g/mol. The van der Waals surface area contributed by atoms with E-state index in [1.54, 1.807) is 24.4 Å². The molecule has 2 bridgehead atoms. The molecule has 3 atom stereocenters. The van der Waals surface area contributed by atoms with Gasteiger partial charge in [-0.25, -0.2) is 13.6 Å². The summed E-state index contributed by atoms with van der Waals surface area (Å²) < 4.78 is 57.3. The van der Waals surface area contributed by atoms with E-state index in [9.17, 15) is 4.79 Å². The summed E-state index contributed by atoms with van der Waals surface area (Å²) in [6.45, 7) is 21.1. The SMILES string of the molecule is COCOc1cc(-c2ncc3c(N4C[C@H]5CC[C@@H](C4)N5C(=O)OC(C)(C)C)nc(OC[C@@H]4CCCN4C)nc3c2F)c2c(C#C[Si](C(C)C)(C(C)C)C(C)C)c(F)ccc2c1. The fourth-order valence-corrected chi connectivity index (χ4v) is 15.3. The van der Waals surface area contributed by atoms with Gasteiger partial charge in [0.1, 0.15) is 48.9 Å². The fraction of sp³-hybridized carbons (Fsp3) is 0.574. The van der Waals surface area contributed by atoms with Crippen LogP contribution in [0.15, 0.2) is 30.5 Å². The lowest BCUT2D eigenvalue weighted by Gasteiger charge is -2.42. The smallest absolute Gasteiger partial charge is 0.410 e. The Hall–Kier alpha value is -4.58. The molecule has 0 saturated carbocycles. The van der Waals surface area contributed by atoms with E-state index in [2.05, 4.69) is 69.9 Å². The highest BCUT2D eigenvalue weighted by molar-refractivity contribution is 6.90. The summed E-state index contributed by atoms with van der Waals surface area (Å²) in [5.74, 6) is 3.03. The average Bonchev–Trinajstić information content (AvgIpc) is 3.73. The predicted octanol–water partition coefficient (Wildman–Crippen LogP) is 9.74. The second-order valence-electron chi connectivity index (χ2n) is 19.0. The summed E-state index contributed by atoms with van der Waals surface area (Å²) in [4.78, 5) is 34.0. The van der Waals surface area contributed by atoms with Gasteiger partial charge in [0, 0.05) is 43.4 Å². The number of ether oxygens (including phenoxy) is 4. The molecule has 0 aliphatic carbocycles. The highest BCUT2D eigenvalue weighted by atomic mass is 28.3. The number of nitrogens with zero attached hydrogens (tertiary/aromatic N) is 6. The Morgan fingerprint density at radius 3 is 2.26 bits per heavy atom. The van der Waals surface area contributed by atoms with Crippen molar-refractivity contribution in [2.75, 3.05) is 52.1 Å². The number of halogens is 2. The summed E-state index contributed by atoms with van der Waals surface area (Å²) in [6, 6.07) is 6.52.